The first-order valence-electron chi connectivity index (χ1n) is 14.1. The van der Waals surface area contributed by atoms with Gasteiger partial charge in [-0.3, -0.25) is 14.5 Å². The van der Waals surface area contributed by atoms with Crippen molar-refractivity contribution in [2.45, 2.75) is 98.0 Å². The van der Waals surface area contributed by atoms with E-state index in [2.05, 4.69) is 6.07 Å². The molecule has 0 bridgehead atoms. The number of rotatable bonds is 16. The summed E-state index contributed by atoms with van der Waals surface area (Å²) >= 11 is 0. The Morgan fingerprint density at radius 3 is 2.10 bits per heavy atom. The van der Waals surface area contributed by atoms with Gasteiger partial charge < -0.3 is 19.7 Å². The van der Waals surface area contributed by atoms with Crippen molar-refractivity contribution >= 4 is 23.7 Å². The number of nitrogens with zero attached hydrogens (tertiary/aromatic N) is 1. The minimum atomic E-state index is -0.870. The number of hydrogen-bond donors (Lipinski definition) is 2. The number of anilines is 1. The largest absolute Gasteiger partial charge is 0.493 e. The zero-order chi connectivity index (χ0) is 29.7. The predicted molar refractivity (Wildman–Crippen MR) is 156 cm³/mol. The van der Waals surface area contributed by atoms with Crippen LogP contribution in [0.3, 0.4) is 0 Å². The molecule has 0 atom stereocenters. The molecule has 8 nitrogen and oxygen atoms in total. The lowest BCUT2D eigenvalue weighted by atomic mass is 9.96. The number of aryl methyl sites for hydroxylation is 3. The fourth-order valence-corrected chi connectivity index (χ4v) is 4.59. The molecule has 2 N–H and O–H groups in total. The third-order valence-electron chi connectivity index (χ3n) is 6.32. The van der Waals surface area contributed by atoms with Crippen molar-refractivity contribution in [3.63, 3.8) is 0 Å². The molecule has 0 unspecified atom stereocenters. The van der Waals surface area contributed by atoms with E-state index in [-0.39, 0.29) is 25.5 Å². The summed E-state index contributed by atoms with van der Waals surface area (Å²) in [4.78, 5) is 36.8. The Bertz CT molecular complexity index is 1120. The summed E-state index contributed by atoms with van der Waals surface area (Å²) in [6.07, 6.45) is 4.84. The second-order valence-electron chi connectivity index (χ2n) is 11.3. The van der Waals surface area contributed by atoms with Crippen molar-refractivity contribution in [1.82, 2.24) is 0 Å². The molecule has 220 valence electrons. The Hall–Kier alpha value is -3.55. The number of carbonyl (C=O) groups excluding carboxylic acids is 1. The normalized spacial score (nSPS) is 11.2. The summed E-state index contributed by atoms with van der Waals surface area (Å²) < 4.78 is 11.5. The average Bonchev–Trinajstić information content (AvgIpc) is 2.83. The van der Waals surface area contributed by atoms with Gasteiger partial charge in [0.05, 0.1) is 6.61 Å². The molecular formula is C32H45NO7. The van der Waals surface area contributed by atoms with Gasteiger partial charge in [0.25, 0.3) is 0 Å². The second kappa shape index (κ2) is 15.9. The number of amides is 1. The average molecular weight is 556 g/mol. The summed E-state index contributed by atoms with van der Waals surface area (Å²) in [7, 11) is 0. The third-order valence-corrected chi connectivity index (χ3v) is 6.32. The first-order chi connectivity index (χ1) is 18.9. The van der Waals surface area contributed by atoms with E-state index in [9.17, 15) is 19.5 Å². The topological polar surface area (TPSA) is 113 Å². The number of carbonyl (C=O) groups is 3. The fourth-order valence-electron chi connectivity index (χ4n) is 4.59. The Morgan fingerprint density at radius 2 is 1.48 bits per heavy atom. The van der Waals surface area contributed by atoms with E-state index in [0.29, 0.717) is 25.1 Å². The maximum absolute atomic E-state index is 13.0. The Morgan fingerprint density at radius 1 is 0.825 bits per heavy atom. The van der Waals surface area contributed by atoms with Gasteiger partial charge in [0.1, 0.15) is 11.4 Å². The molecular weight excluding hydrogens is 510 g/mol. The van der Waals surface area contributed by atoms with E-state index >= 15 is 0 Å². The highest BCUT2D eigenvalue weighted by Gasteiger charge is 2.23. The lowest BCUT2D eigenvalue weighted by molar-refractivity contribution is -0.138. The first-order valence-corrected chi connectivity index (χ1v) is 14.1. The molecule has 0 aliphatic rings. The minimum absolute atomic E-state index is 0.00142. The van der Waals surface area contributed by atoms with Crippen LogP contribution in [-0.4, -0.2) is 47.0 Å². The van der Waals surface area contributed by atoms with Crippen molar-refractivity contribution in [2.24, 2.45) is 0 Å². The maximum Gasteiger partial charge on any atom is 0.414 e. The molecule has 2 rings (SSSR count). The van der Waals surface area contributed by atoms with E-state index in [1.54, 1.807) is 4.90 Å². The molecule has 0 radical (unpaired) electrons. The molecule has 0 aromatic heterocycles. The van der Waals surface area contributed by atoms with Gasteiger partial charge in [0.2, 0.25) is 0 Å². The summed E-state index contributed by atoms with van der Waals surface area (Å²) in [5.74, 6) is -1.11. The van der Waals surface area contributed by atoms with E-state index < -0.39 is 17.5 Å². The van der Waals surface area contributed by atoms with Crippen LogP contribution in [0.4, 0.5) is 10.5 Å². The van der Waals surface area contributed by atoms with Gasteiger partial charge in [0.15, 0.2) is 0 Å². The van der Waals surface area contributed by atoms with Crippen molar-refractivity contribution in [2.75, 3.05) is 18.1 Å². The molecule has 2 aromatic carbocycles. The molecule has 40 heavy (non-hydrogen) atoms. The molecule has 0 fully saturated rings. The van der Waals surface area contributed by atoms with Crippen molar-refractivity contribution in [1.29, 1.82) is 0 Å². The second-order valence-corrected chi connectivity index (χ2v) is 11.3. The minimum Gasteiger partial charge on any atom is -0.493 e. The van der Waals surface area contributed by atoms with Gasteiger partial charge in [-0.25, -0.2) is 4.79 Å². The molecule has 0 aliphatic heterocycles. The van der Waals surface area contributed by atoms with Crippen LogP contribution in [0.5, 0.6) is 5.75 Å². The van der Waals surface area contributed by atoms with Crippen molar-refractivity contribution < 1.29 is 34.1 Å². The highest BCUT2D eigenvalue weighted by molar-refractivity contribution is 5.88. The molecule has 2 aromatic rings. The van der Waals surface area contributed by atoms with E-state index in [1.165, 1.54) is 0 Å². The summed E-state index contributed by atoms with van der Waals surface area (Å²) in [6.45, 7) is 10.5. The number of ether oxygens (including phenoxy) is 2. The summed E-state index contributed by atoms with van der Waals surface area (Å²) in [5.41, 5.74) is 4.38. The highest BCUT2D eigenvalue weighted by Crippen LogP contribution is 2.27. The van der Waals surface area contributed by atoms with Gasteiger partial charge in [-0.2, -0.15) is 0 Å². The van der Waals surface area contributed by atoms with Crippen LogP contribution < -0.4 is 9.64 Å². The predicted octanol–water partition coefficient (Wildman–Crippen LogP) is 7.11. The number of unbranched alkanes of at least 4 members (excludes halogenated alkanes) is 3. The van der Waals surface area contributed by atoms with Crippen LogP contribution in [0.15, 0.2) is 36.4 Å². The van der Waals surface area contributed by atoms with E-state index in [1.807, 2.05) is 65.0 Å². The summed E-state index contributed by atoms with van der Waals surface area (Å²) in [6, 6.07) is 11.8. The number of carboxylic acid groups (broad SMARTS) is 2. The standard InChI is InChI=1S/C32H45NO7/c1-23-20-24(2)22-26(21-23)33(31(38)40-32(3,4)5)18-9-7-6-8-12-25-13-10-14-28(27(25)16-17-30(36)37)39-19-11-15-29(34)35/h10,13-14,20-22H,6-9,11-12,15-19H2,1-5H3,(H,34,35)(H,36,37). The van der Waals surface area contributed by atoms with Gasteiger partial charge in [0, 0.05) is 25.1 Å². The molecule has 8 heteroatoms. The van der Waals surface area contributed by atoms with Crippen molar-refractivity contribution in [3.05, 3.63) is 58.7 Å². The number of carboxylic acids is 2. The van der Waals surface area contributed by atoms with E-state index in [0.717, 1.165) is 60.0 Å². The Balaban J connectivity index is 1.98. The smallest absolute Gasteiger partial charge is 0.414 e. The lowest BCUT2D eigenvalue weighted by Crippen LogP contribution is -2.37. The number of hydrogen-bond acceptors (Lipinski definition) is 5. The zero-order valence-corrected chi connectivity index (χ0v) is 24.6. The zero-order valence-electron chi connectivity index (χ0n) is 24.6. The van der Waals surface area contributed by atoms with Crippen LogP contribution in [0, 0.1) is 13.8 Å². The first kappa shape index (κ1) is 32.7. The molecule has 0 heterocycles. The van der Waals surface area contributed by atoms with Gasteiger partial charge in [-0.15, -0.1) is 0 Å². The van der Waals surface area contributed by atoms with Crippen LogP contribution in [-0.2, 0) is 27.2 Å². The fraction of sp³-hybridized carbons (Fsp3) is 0.531. The van der Waals surface area contributed by atoms with Gasteiger partial charge >= 0.3 is 18.0 Å². The quantitative estimate of drug-likeness (QED) is 0.212. The number of benzene rings is 2. The summed E-state index contributed by atoms with van der Waals surface area (Å²) in [5, 5.41) is 18.1. The molecule has 0 saturated heterocycles. The van der Waals surface area contributed by atoms with Crippen LogP contribution in [0.1, 0.15) is 88.0 Å². The number of aliphatic carboxylic acids is 2. The van der Waals surface area contributed by atoms with E-state index in [4.69, 9.17) is 14.6 Å². The monoisotopic (exact) mass is 555 g/mol. The molecule has 0 spiro atoms. The maximum atomic E-state index is 13.0. The van der Waals surface area contributed by atoms with Crippen LogP contribution in [0.2, 0.25) is 0 Å². The molecule has 0 aliphatic carbocycles. The highest BCUT2D eigenvalue weighted by atomic mass is 16.6. The molecule has 1 amide bonds. The third kappa shape index (κ3) is 12.1. The molecule has 0 saturated carbocycles. The SMILES string of the molecule is Cc1cc(C)cc(N(CCCCCCc2cccc(OCCCC(=O)O)c2CCC(=O)O)C(=O)OC(C)(C)C)c1. The van der Waals surface area contributed by atoms with Crippen molar-refractivity contribution in [3.8, 4) is 5.75 Å². The van der Waals surface area contributed by atoms with Crippen LogP contribution >= 0.6 is 0 Å². The Kier molecular flexibility index (Phi) is 13.0. The van der Waals surface area contributed by atoms with Gasteiger partial charge in [-0.1, -0.05) is 31.0 Å². The Labute approximate surface area is 238 Å². The lowest BCUT2D eigenvalue weighted by Gasteiger charge is -2.28. The van der Waals surface area contributed by atoms with Gasteiger partial charge in [-0.05, 0) is 107 Å². The van der Waals surface area contributed by atoms with Crippen LogP contribution in [0.25, 0.3) is 0 Å².